The molecule has 0 aliphatic rings. The lowest BCUT2D eigenvalue weighted by atomic mass is 10.2. The summed E-state index contributed by atoms with van der Waals surface area (Å²) >= 11 is 0. The molecule has 0 heterocycles. The molecule has 0 atom stereocenters. The number of esters is 1. The molecular weight excluding hydrogens is 368 g/mol. The van der Waals surface area contributed by atoms with Crippen LogP contribution in [0.25, 0.3) is 0 Å². The minimum atomic E-state index is -0.329. The number of ether oxygens (including phenoxy) is 1. The third-order valence-electron chi connectivity index (χ3n) is 3.35. The third-order valence-corrected chi connectivity index (χ3v) is 3.35. The SMILES string of the molecule is C=CCC.C=CCC.C=CCCCCCC.C=CCCCCCC.C=COC(C)=O. The molecule has 0 N–H and O–H groups in total. The number of hydrogen-bond acceptors (Lipinski definition) is 2. The topological polar surface area (TPSA) is 26.3 Å². The van der Waals surface area contributed by atoms with Gasteiger partial charge in [0.15, 0.2) is 0 Å². The standard InChI is InChI=1S/2C8H16.C4H6O2.2C4H8/c2*1-3-5-7-8-6-4-2;1-3-6-4(2)5;2*1-3-4-2/h2*3H,1,4-8H2,2H3;3H,1H2,2H3;2*3H,1,4H2,2H3. The lowest BCUT2D eigenvalue weighted by Gasteiger charge is -1.91. The van der Waals surface area contributed by atoms with E-state index in [0.29, 0.717) is 0 Å². The summed E-state index contributed by atoms with van der Waals surface area (Å²) in [7, 11) is 0. The fraction of sp³-hybridized carbons (Fsp3) is 0.607. The van der Waals surface area contributed by atoms with Crippen LogP contribution in [0.1, 0.15) is 112 Å². The van der Waals surface area contributed by atoms with Gasteiger partial charge >= 0.3 is 5.97 Å². The Hall–Kier alpha value is -1.83. The fourth-order valence-corrected chi connectivity index (χ4v) is 1.55. The molecule has 0 radical (unpaired) electrons. The summed E-state index contributed by atoms with van der Waals surface area (Å²) in [4.78, 5) is 9.75. The van der Waals surface area contributed by atoms with Gasteiger partial charge in [-0.1, -0.05) is 97.1 Å². The van der Waals surface area contributed by atoms with Gasteiger partial charge in [-0.15, -0.1) is 26.3 Å². The second kappa shape index (κ2) is 50.6. The van der Waals surface area contributed by atoms with Crippen molar-refractivity contribution >= 4 is 5.97 Å². The first kappa shape index (κ1) is 38.7. The maximum Gasteiger partial charge on any atom is 0.307 e. The Kier molecular flexibility index (Phi) is 65.4. The van der Waals surface area contributed by atoms with Gasteiger partial charge in [0.25, 0.3) is 0 Å². The lowest BCUT2D eigenvalue weighted by molar-refractivity contribution is -0.135. The number of hydrogen-bond donors (Lipinski definition) is 0. The first-order valence-corrected chi connectivity index (χ1v) is 11.6. The van der Waals surface area contributed by atoms with Gasteiger partial charge in [0.2, 0.25) is 0 Å². The van der Waals surface area contributed by atoms with E-state index in [-0.39, 0.29) is 5.97 Å². The molecule has 178 valence electrons. The number of carbonyl (C=O) groups is 1. The molecule has 0 fully saturated rings. The molecule has 0 spiro atoms. The Morgan fingerprint density at radius 1 is 0.633 bits per heavy atom. The van der Waals surface area contributed by atoms with E-state index in [1.165, 1.54) is 71.1 Å². The van der Waals surface area contributed by atoms with Gasteiger partial charge in [0, 0.05) is 6.92 Å². The molecule has 0 aromatic heterocycles. The largest absolute Gasteiger partial charge is 0.435 e. The Morgan fingerprint density at radius 3 is 1.10 bits per heavy atom. The first-order valence-electron chi connectivity index (χ1n) is 11.6. The molecule has 0 unspecified atom stereocenters. The molecule has 0 bridgehead atoms. The van der Waals surface area contributed by atoms with Crippen molar-refractivity contribution in [3.8, 4) is 0 Å². The van der Waals surface area contributed by atoms with Gasteiger partial charge in [-0.2, -0.15) is 0 Å². The van der Waals surface area contributed by atoms with Crippen molar-refractivity contribution in [3.05, 3.63) is 63.5 Å². The molecule has 0 aliphatic heterocycles. The van der Waals surface area contributed by atoms with Gasteiger partial charge in [-0.05, 0) is 38.5 Å². The van der Waals surface area contributed by atoms with Crippen LogP contribution in [0.4, 0.5) is 0 Å². The van der Waals surface area contributed by atoms with Crippen LogP contribution in [0, 0.1) is 0 Å². The predicted octanol–water partition coefficient (Wildman–Crippen LogP) is 10.1. The molecule has 0 saturated heterocycles. The van der Waals surface area contributed by atoms with Crippen LogP contribution in [-0.4, -0.2) is 5.97 Å². The number of rotatable bonds is 13. The van der Waals surface area contributed by atoms with Crippen molar-refractivity contribution < 1.29 is 9.53 Å². The van der Waals surface area contributed by atoms with Crippen molar-refractivity contribution in [2.45, 2.75) is 112 Å². The fourth-order valence-electron chi connectivity index (χ4n) is 1.55. The Balaban J connectivity index is -0.0000000896. The summed E-state index contributed by atoms with van der Waals surface area (Å²) in [5.74, 6) is -0.329. The zero-order valence-electron chi connectivity index (χ0n) is 21.2. The van der Waals surface area contributed by atoms with Gasteiger partial charge in [-0.25, -0.2) is 0 Å². The highest BCUT2D eigenvalue weighted by Gasteiger charge is 1.82. The van der Waals surface area contributed by atoms with E-state index < -0.39 is 0 Å². The molecule has 2 heteroatoms. The zero-order valence-corrected chi connectivity index (χ0v) is 21.2. The average molecular weight is 423 g/mol. The monoisotopic (exact) mass is 422 g/mol. The smallest absolute Gasteiger partial charge is 0.307 e. The average Bonchev–Trinajstić information content (AvgIpc) is 2.75. The van der Waals surface area contributed by atoms with E-state index in [2.05, 4.69) is 65.3 Å². The molecule has 2 nitrogen and oxygen atoms in total. The van der Waals surface area contributed by atoms with Gasteiger partial charge in [0.05, 0.1) is 6.26 Å². The summed E-state index contributed by atoms with van der Waals surface area (Å²) < 4.78 is 4.17. The van der Waals surface area contributed by atoms with Gasteiger partial charge in [-0.3, -0.25) is 4.79 Å². The molecular formula is C28H54O2. The summed E-state index contributed by atoms with van der Waals surface area (Å²) in [6.07, 6.45) is 24.2. The van der Waals surface area contributed by atoms with Gasteiger partial charge < -0.3 is 4.74 Å². The minimum Gasteiger partial charge on any atom is -0.435 e. The molecule has 0 rings (SSSR count). The number of allylic oxidation sites excluding steroid dienone is 4. The molecule has 30 heavy (non-hydrogen) atoms. The van der Waals surface area contributed by atoms with Crippen molar-refractivity contribution in [1.29, 1.82) is 0 Å². The van der Waals surface area contributed by atoms with Crippen LogP contribution in [0.15, 0.2) is 63.5 Å². The van der Waals surface area contributed by atoms with Crippen LogP contribution in [-0.2, 0) is 9.53 Å². The van der Waals surface area contributed by atoms with Crippen LogP contribution >= 0.6 is 0 Å². The summed E-state index contributed by atoms with van der Waals surface area (Å²) in [5.41, 5.74) is 0. The molecule has 0 amide bonds. The highest BCUT2D eigenvalue weighted by Crippen LogP contribution is 2.02. The van der Waals surface area contributed by atoms with Crippen LogP contribution in [0.3, 0.4) is 0 Å². The molecule has 0 aliphatic carbocycles. The number of carbonyl (C=O) groups excluding carboxylic acids is 1. The van der Waals surface area contributed by atoms with Crippen molar-refractivity contribution in [2.24, 2.45) is 0 Å². The Labute approximate surface area is 190 Å². The van der Waals surface area contributed by atoms with Crippen molar-refractivity contribution in [3.63, 3.8) is 0 Å². The highest BCUT2D eigenvalue weighted by atomic mass is 16.5. The first-order chi connectivity index (χ1) is 14.4. The number of unbranched alkanes of at least 4 members (excludes halogenated alkanes) is 8. The third kappa shape index (κ3) is 95.6. The summed E-state index contributed by atoms with van der Waals surface area (Å²) in [6, 6.07) is 0. The second-order valence-corrected chi connectivity index (χ2v) is 6.45. The molecule has 0 aromatic carbocycles. The Morgan fingerprint density at radius 2 is 0.967 bits per heavy atom. The quantitative estimate of drug-likeness (QED) is 0.128. The van der Waals surface area contributed by atoms with Crippen LogP contribution in [0.5, 0.6) is 0 Å². The lowest BCUT2D eigenvalue weighted by Crippen LogP contribution is -1.87. The van der Waals surface area contributed by atoms with E-state index in [1.807, 2.05) is 24.3 Å². The summed E-state index contributed by atoms with van der Waals surface area (Å²) in [6.45, 7) is 27.3. The van der Waals surface area contributed by atoms with E-state index in [4.69, 9.17) is 0 Å². The maximum atomic E-state index is 9.75. The van der Waals surface area contributed by atoms with Crippen molar-refractivity contribution in [1.82, 2.24) is 0 Å². The predicted molar refractivity (Wildman–Crippen MR) is 141 cm³/mol. The molecule has 0 aromatic rings. The van der Waals surface area contributed by atoms with E-state index in [9.17, 15) is 4.79 Å². The Bertz CT molecular complexity index is 319. The minimum absolute atomic E-state index is 0.329. The highest BCUT2D eigenvalue weighted by molar-refractivity contribution is 5.66. The second-order valence-electron chi connectivity index (χ2n) is 6.45. The van der Waals surface area contributed by atoms with Gasteiger partial charge in [0.1, 0.15) is 0 Å². The van der Waals surface area contributed by atoms with E-state index in [0.717, 1.165) is 19.1 Å². The summed E-state index contributed by atoms with van der Waals surface area (Å²) in [5, 5.41) is 0. The van der Waals surface area contributed by atoms with Crippen LogP contribution in [0.2, 0.25) is 0 Å². The zero-order chi connectivity index (χ0) is 24.3. The normalized spacial score (nSPS) is 7.90. The van der Waals surface area contributed by atoms with E-state index in [1.54, 1.807) is 0 Å². The van der Waals surface area contributed by atoms with Crippen molar-refractivity contribution in [2.75, 3.05) is 0 Å². The maximum absolute atomic E-state index is 9.75. The van der Waals surface area contributed by atoms with E-state index >= 15 is 0 Å². The van der Waals surface area contributed by atoms with Crippen LogP contribution < -0.4 is 0 Å². The molecule has 0 saturated carbocycles.